The van der Waals surface area contributed by atoms with Crippen molar-refractivity contribution in [3.05, 3.63) is 101 Å². The van der Waals surface area contributed by atoms with Gasteiger partial charge in [0.15, 0.2) is 5.17 Å². The monoisotopic (exact) mass is 488 g/mol. The highest BCUT2D eigenvalue weighted by Gasteiger charge is 2.39. The Hall–Kier alpha value is -3.42. The van der Waals surface area contributed by atoms with Crippen molar-refractivity contribution in [2.45, 2.75) is 24.1 Å². The number of aliphatic imine (C=N–C) groups is 1. The zero-order chi connectivity index (χ0) is 23.5. The number of amidine groups is 1. The SMILES string of the molecule is O=C(CC1SC(N2N=C(c3ccc(Cl)cc3)CC2c2ccccc2)=NC1=O)Nc1ccccc1. The molecule has 5 rings (SSSR count). The lowest BCUT2D eigenvalue weighted by Gasteiger charge is -2.23. The number of hydrazone groups is 1. The van der Waals surface area contributed by atoms with Crippen molar-refractivity contribution in [2.75, 3.05) is 5.32 Å². The van der Waals surface area contributed by atoms with Crippen molar-refractivity contribution in [3.8, 4) is 0 Å². The van der Waals surface area contributed by atoms with Gasteiger partial charge in [0.1, 0.15) is 5.25 Å². The molecule has 0 fully saturated rings. The van der Waals surface area contributed by atoms with Crippen molar-refractivity contribution in [1.29, 1.82) is 0 Å². The molecule has 34 heavy (non-hydrogen) atoms. The third kappa shape index (κ3) is 4.90. The molecule has 6 nitrogen and oxygen atoms in total. The Kier molecular flexibility index (Phi) is 6.47. The molecule has 0 bridgehead atoms. The van der Waals surface area contributed by atoms with Gasteiger partial charge in [-0.3, -0.25) is 9.59 Å². The van der Waals surface area contributed by atoms with Crippen LogP contribution in [-0.4, -0.2) is 33.0 Å². The van der Waals surface area contributed by atoms with Gasteiger partial charge in [0, 0.05) is 23.6 Å². The molecule has 2 unspecified atom stereocenters. The number of nitrogens with zero attached hydrogens (tertiary/aromatic N) is 3. The predicted molar refractivity (Wildman–Crippen MR) is 137 cm³/mol. The van der Waals surface area contributed by atoms with E-state index in [-0.39, 0.29) is 24.3 Å². The number of para-hydroxylation sites is 1. The van der Waals surface area contributed by atoms with Crippen LogP contribution in [0.15, 0.2) is 95.0 Å². The standard InChI is InChI=1S/C26H21ClN4O2S/c27-19-13-11-17(12-14-19)21-15-22(18-7-3-1-4-8-18)31(30-21)26-29-25(33)23(34-26)16-24(32)28-20-9-5-2-6-10-20/h1-14,22-23H,15-16H2,(H,28,32). The summed E-state index contributed by atoms with van der Waals surface area (Å²) in [5.41, 5.74) is 3.65. The second-order valence-electron chi connectivity index (χ2n) is 7.99. The van der Waals surface area contributed by atoms with Gasteiger partial charge in [0.25, 0.3) is 5.91 Å². The van der Waals surface area contributed by atoms with Gasteiger partial charge < -0.3 is 5.32 Å². The summed E-state index contributed by atoms with van der Waals surface area (Å²) >= 11 is 7.35. The highest BCUT2D eigenvalue weighted by molar-refractivity contribution is 8.15. The number of anilines is 1. The van der Waals surface area contributed by atoms with Gasteiger partial charge in [-0.25, -0.2) is 5.01 Å². The Morgan fingerprint density at radius 1 is 1.00 bits per heavy atom. The number of benzene rings is 3. The summed E-state index contributed by atoms with van der Waals surface area (Å²) in [5.74, 6) is -0.537. The van der Waals surface area contributed by atoms with Crippen molar-refractivity contribution >= 4 is 51.7 Å². The molecular formula is C26H21ClN4O2S. The first-order valence-corrected chi connectivity index (χ1v) is 12.1. The van der Waals surface area contributed by atoms with Crippen LogP contribution in [0.2, 0.25) is 5.02 Å². The highest BCUT2D eigenvalue weighted by Crippen LogP contribution is 2.38. The molecular weight excluding hydrogens is 468 g/mol. The lowest BCUT2D eigenvalue weighted by molar-refractivity contribution is -0.121. The van der Waals surface area contributed by atoms with E-state index >= 15 is 0 Å². The average molecular weight is 489 g/mol. The Labute approximate surface area is 206 Å². The Morgan fingerprint density at radius 3 is 2.38 bits per heavy atom. The first-order chi connectivity index (χ1) is 16.6. The topological polar surface area (TPSA) is 74.1 Å². The molecule has 0 aromatic heterocycles. The smallest absolute Gasteiger partial charge is 0.262 e. The molecule has 170 valence electrons. The Morgan fingerprint density at radius 2 is 1.68 bits per heavy atom. The number of halogens is 1. The molecule has 8 heteroatoms. The Balaban J connectivity index is 1.35. The van der Waals surface area contributed by atoms with Gasteiger partial charge in [-0.2, -0.15) is 10.1 Å². The fourth-order valence-electron chi connectivity index (χ4n) is 3.94. The van der Waals surface area contributed by atoms with Crippen molar-refractivity contribution in [2.24, 2.45) is 10.1 Å². The quantitative estimate of drug-likeness (QED) is 0.513. The van der Waals surface area contributed by atoms with Gasteiger partial charge in [0.05, 0.1) is 11.8 Å². The van der Waals surface area contributed by atoms with E-state index in [1.54, 1.807) is 0 Å². The molecule has 0 radical (unpaired) electrons. The van der Waals surface area contributed by atoms with Crippen molar-refractivity contribution in [3.63, 3.8) is 0 Å². The number of carbonyl (C=O) groups is 2. The third-order valence-electron chi connectivity index (χ3n) is 5.63. The first kappa shape index (κ1) is 22.4. The Bertz CT molecular complexity index is 1260. The molecule has 3 aromatic rings. The summed E-state index contributed by atoms with van der Waals surface area (Å²) in [4.78, 5) is 29.5. The lowest BCUT2D eigenvalue weighted by Crippen LogP contribution is -2.25. The second kappa shape index (κ2) is 9.83. The summed E-state index contributed by atoms with van der Waals surface area (Å²) < 4.78 is 0. The number of rotatable bonds is 5. The highest BCUT2D eigenvalue weighted by atomic mass is 35.5. The van der Waals surface area contributed by atoms with Gasteiger partial charge in [-0.1, -0.05) is 84.0 Å². The molecule has 0 spiro atoms. The number of amides is 2. The zero-order valence-corrected chi connectivity index (χ0v) is 19.7. The minimum atomic E-state index is -0.579. The molecule has 0 saturated heterocycles. The molecule has 2 heterocycles. The average Bonchev–Trinajstić information content (AvgIpc) is 3.45. The van der Waals surface area contributed by atoms with Crippen molar-refractivity contribution < 1.29 is 9.59 Å². The number of nitrogens with one attached hydrogen (secondary N) is 1. The largest absolute Gasteiger partial charge is 0.326 e. The number of carbonyl (C=O) groups excluding carboxylic acids is 2. The van der Waals surface area contributed by atoms with Gasteiger partial charge in [-0.05, 0) is 35.4 Å². The van der Waals surface area contributed by atoms with E-state index < -0.39 is 5.25 Å². The third-order valence-corrected chi connectivity index (χ3v) is 7.02. The second-order valence-corrected chi connectivity index (χ2v) is 9.59. The van der Waals surface area contributed by atoms with E-state index in [2.05, 4.69) is 10.3 Å². The fraction of sp³-hybridized carbons (Fsp3) is 0.154. The van der Waals surface area contributed by atoms with Crippen LogP contribution in [0.25, 0.3) is 0 Å². The normalized spacial score (nSPS) is 19.7. The van der Waals surface area contributed by atoms with Crippen molar-refractivity contribution in [1.82, 2.24) is 5.01 Å². The number of hydrogen-bond donors (Lipinski definition) is 1. The summed E-state index contributed by atoms with van der Waals surface area (Å²) in [7, 11) is 0. The predicted octanol–water partition coefficient (Wildman–Crippen LogP) is 5.52. The van der Waals surface area contributed by atoms with Crippen LogP contribution in [0.1, 0.15) is 30.0 Å². The van der Waals surface area contributed by atoms with E-state index in [4.69, 9.17) is 16.7 Å². The molecule has 2 aliphatic rings. The van der Waals surface area contributed by atoms with Crippen LogP contribution in [0.4, 0.5) is 5.69 Å². The maximum absolute atomic E-state index is 12.7. The fourth-order valence-corrected chi connectivity index (χ4v) is 5.13. The molecule has 2 amide bonds. The maximum atomic E-state index is 12.7. The molecule has 2 aliphatic heterocycles. The number of thioether (sulfide) groups is 1. The van der Waals surface area contributed by atoms with E-state index in [1.165, 1.54) is 11.8 Å². The van der Waals surface area contributed by atoms with Crippen LogP contribution in [0.5, 0.6) is 0 Å². The number of hydrogen-bond acceptors (Lipinski definition) is 5. The molecule has 2 atom stereocenters. The molecule has 1 N–H and O–H groups in total. The van der Waals surface area contributed by atoms with E-state index in [1.807, 2.05) is 89.9 Å². The minimum absolute atomic E-state index is 0.0446. The minimum Gasteiger partial charge on any atom is -0.326 e. The summed E-state index contributed by atoms with van der Waals surface area (Å²) in [6.07, 6.45) is 0.710. The van der Waals surface area contributed by atoms with Gasteiger partial charge >= 0.3 is 0 Å². The van der Waals surface area contributed by atoms with E-state index in [0.717, 1.165) is 16.8 Å². The van der Waals surface area contributed by atoms with E-state index in [0.29, 0.717) is 22.3 Å². The van der Waals surface area contributed by atoms with Crippen LogP contribution in [0.3, 0.4) is 0 Å². The van der Waals surface area contributed by atoms with Crippen LogP contribution >= 0.6 is 23.4 Å². The molecule has 3 aromatic carbocycles. The first-order valence-electron chi connectivity index (χ1n) is 10.9. The van der Waals surface area contributed by atoms with Gasteiger partial charge in [0.2, 0.25) is 5.91 Å². The zero-order valence-electron chi connectivity index (χ0n) is 18.1. The summed E-state index contributed by atoms with van der Waals surface area (Å²) in [6.45, 7) is 0. The summed E-state index contributed by atoms with van der Waals surface area (Å²) in [5, 5.41) is 10.1. The molecule has 0 saturated carbocycles. The van der Waals surface area contributed by atoms with Gasteiger partial charge in [-0.15, -0.1) is 0 Å². The van der Waals surface area contributed by atoms with E-state index in [9.17, 15) is 9.59 Å². The van der Waals surface area contributed by atoms with Crippen LogP contribution in [-0.2, 0) is 9.59 Å². The van der Waals surface area contributed by atoms with Crippen LogP contribution < -0.4 is 5.32 Å². The lowest BCUT2D eigenvalue weighted by atomic mass is 9.99. The molecule has 0 aliphatic carbocycles. The maximum Gasteiger partial charge on any atom is 0.262 e. The summed E-state index contributed by atoms with van der Waals surface area (Å²) in [6, 6.07) is 26.7. The van der Waals surface area contributed by atoms with Crippen LogP contribution in [0, 0.1) is 0 Å².